The molecule has 2 heterocycles. The van der Waals surface area contributed by atoms with E-state index in [0.717, 1.165) is 59.6 Å². The summed E-state index contributed by atoms with van der Waals surface area (Å²) >= 11 is 4.91. The number of aryl methyl sites for hydroxylation is 1. The number of halogens is 1. The van der Waals surface area contributed by atoms with Crippen molar-refractivity contribution >= 4 is 44.9 Å². The minimum absolute atomic E-state index is 0.0249. The van der Waals surface area contributed by atoms with Gasteiger partial charge in [-0.25, -0.2) is 4.98 Å². The number of fused-ring (bicyclic) bond motifs is 1. The van der Waals surface area contributed by atoms with E-state index < -0.39 is 0 Å². The zero-order chi connectivity index (χ0) is 20.4. The third kappa shape index (κ3) is 4.74. The summed E-state index contributed by atoms with van der Waals surface area (Å²) < 4.78 is 0.872. The molecular formula is C21H28BrN5OS. The lowest BCUT2D eigenvalue weighted by atomic mass is 9.91. The fourth-order valence-electron chi connectivity index (χ4n) is 4.28. The van der Waals surface area contributed by atoms with Crippen LogP contribution in [0.3, 0.4) is 0 Å². The lowest BCUT2D eigenvalue weighted by Crippen LogP contribution is -2.40. The Morgan fingerprint density at radius 3 is 2.55 bits per heavy atom. The largest absolute Gasteiger partial charge is 0.362 e. The first-order chi connectivity index (χ1) is 14.0. The van der Waals surface area contributed by atoms with Crippen LogP contribution in [0.2, 0.25) is 0 Å². The predicted molar refractivity (Wildman–Crippen MR) is 122 cm³/mol. The standard InChI is InChI=1S/C21H28BrN5OS/c1-27(2)19-15-5-3-4-6-17(15)25-21(26-19)24-14-9-7-13(8-10-14)23-20(28)18-16(22)11-12-29-18/h11-14H,3-10H2,1-2H3,(H,23,28)(H,24,25,26). The van der Waals surface area contributed by atoms with Crippen LogP contribution in [0.4, 0.5) is 11.8 Å². The molecule has 156 valence electrons. The van der Waals surface area contributed by atoms with Crippen molar-refractivity contribution in [1.29, 1.82) is 0 Å². The number of hydrogen-bond donors (Lipinski definition) is 2. The molecule has 6 nitrogen and oxygen atoms in total. The molecule has 2 N–H and O–H groups in total. The van der Waals surface area contributed by atoms with E-state index in [1.165, 1.54) is 35.4 Å². The molecule has 2 aromatic rings. The highest BCUT2D eigenvalue weighted by Crippen LogP contribution is 2.30. The van der Waals surface area contributed by atoms with E-state index in [9.17, 15) is 4.79 Å². The van der Waals surface area contributed by atoms with Crippen molar-refractivity contribution in [2.24, 2.45) is 0 Å². The van der Waals surface area contributed by atoms with Crippen LogP contribution >= 0.6 is 27.3 Å². The van der Waals surface area contributed by atoms with Crippen molar-refractivity contribution in [3.63, 3.8) is 0 Å². The Morgan fingerprint density at radius 1 is 1.14 bits per heavy atom. The highest BCUT2D eigenvalue weighted by molar-refractivity contribution is 9.10. The Labute approximate surface area is 184 Å². The van der Waals surface area contributed by atoms with Crippen LogP contribution < -0.4 is 15.5 Å². The van der Waals surface area contributed by atoms with E-state index in [0.29, 0.717) is 6.04 Å². The maximum atomic E-state index is 12.4. The van der Waals surface area contributed by atoms with Crippen LogP contribution in [0, 0.1) is 0 Å². The van der Waals surface area contributed by atoms with Gasteiger partial charge in [0.05, 0.1) is 5.69 Å². The molecule has 1 fully saturated rings. The molecule has 2 aliphatic carbocycles. The van der Waals surface area contributed by atoms with Crippen LogP contribution in [0.15, 0.2) is 15.9 Å². The van der Waals surface area contributed by atoms with Gasteiger partial charge in [0, 0.05) is 36.2 Å². The van der Waals surface area contributed by atoms with Crippen molar-refractivity contribution in [2.75, 3.05) is 24.3 Å². The molecule has 29 heavy (non-hydrogen) atoms. The minimum Gasteiger partial charge on any atom is -0.362 e. The molecule has 2 aliphatic rings. The Hall–Kier alpha value is -1.67. The van der Waals surface area contributed by atoms with E-state index in [-0.39, 0.29) is 11.9 Å². The summed E-state index contributed by atoms with van der Waals surface area (Å²) in [5, 5.41) is 8.69. The topological polar surface area (TPSA) is 70.2 Å². The van der Waals surface area contributed by atoms with Crippen molar-refractivity contribution in [3.05, 3.63) is 32.1 Å². The average Bonchev–Trinajstić information content (AvgIpc) is 3.15. The van der Waals surface area contributed by atoms with Crippen molar-refractivity contribution < 1.29 is 4.79 Å². The molecule has 8 heteroatoms. The monoisotopic (exact) mass is 477 g/mol. The third-order valence-electron chi connectivity index (χ3n) is 5.80. The molecule has 0 atom stereocenters. The first-order valence-corrected chi connectivity index (χ1v) is 12.1. The van der Waals surface area contributed by atoms with Gasteiger partial charge in [0.15, 0.2) is 0 Å². The van der Waals surface area contributed by atoms with Crippen LogP contribution in [0.1, 0.15) is 59.5 Å². The number of rotatable bonds is 5. The molecule has 0 spiro atoms. The molecular weight excluding hydrogens is 450 g/mol. The van der Waals surface area contributed by atoms with Crippen LogP contribution in [0.25, 0.3) is 0 Å². The molecule has 2 aromatic heterocycles. The number of amides is 1. The van der Waals surface area contributed by atoms with E-state index in [2.05, 4.69) is 45.6 Å². The summed E-state index contributed by atoms with van der Waals surface area (Å²) in [5.74, 6) is 1.83. The zero-order valence-corrected chi connectivity index (χ0v) is 19.4. The minimum atomic E-state index is 0.0249. The van der Waals surface area contributed by atoms with Gasteiger partial charge in [0.25, 0.3) is 5.91 Å². The molecule has 0 aromatic carbocycles. The van der Waals surface area contributed by atoms with E-state index >= 15 is 0 Å². The van der Waals surface area contributed by atoms with Gasteiger partial charge in [0.1, 0.15) is 10.7 Å². The summed E-state index contributed by atoms with van der Waals surface area (Å²) in [5.41, 5.74) is 2.53. The molecule has 0 radical (unpaired) electrons. The second kappa shape index (κ2) is 9.00. The second-order valence-electron chi connectivity index (χ2n) is 8.16. The number of hydrogen-bond acceptors (Lipinski definition) is 6. The van der Waals surface area contributed by atoms with E-state index in [1.807, 2.05) is 11.4 Å². The Morgan fingerprint density at radius 2 is 1.86 bits per heavy atom. The van der Waals surface area contributed by atoms with Crippen molar-refractivity contribution in [2.45, 2.75) is 63.5 Å². The summed E-state index contributed by atoms with van der Waals surface area (Å²) in [4.78, 5) is 25.0. The smallest absolute Gasteiger partial charge is 0.262 e. The number of carbonyl (C=O) groups excluding carboxylic acids is 1. The molecule has 0 unspecified atom stereocenters. The van der Waals surface area contributed by atoms with Gasteiger partial charge in [-0.15, -0.1) is 11.3 Å². The van der Waals surface area contributed by atoms with Crippen LogP contribution in [-0.2, 0) is 12.8 Å². The van der Waals surface area contributed by atoms with Gasteiger partial charge in [-0.05, 0) is 78.7 Å². The first kappa shape index (κ1) is 20.6. The number of nitrogens with one attached hydrogen (secondary N) is 2. The summed E-state index contributed by atoms with van der Waals surface area (Å²) in [6.45, 7) is 0. The van der Waals surface area contributed by atoms with E-state index in [1.54, 1.807) is 0 Å². The number of carbonyl (C=O) groups is 1. The van der Waals surface area contributed by atoms with Gasteiger partial charge in [-0.1, -0.05) is 0 Å². The van der Waals surface area contributed by atoms with Crippen LogP contribution in [-0.4, -0.2) is 42.1 Å². The van der Waals surface area contributed by atoms with Gasteiger partial charge in [-0.3, -0.25) is 4.79 Å². The number of anilines is 2. The van der Waals surface area contributed by atoms with Crippen molar-refractivity contribution in [1.82, 2.24) is 15.3 Å². The van der Waals surface area contributed by atoms with Crippen molar-refractivity contribution in [3.8, 4) is 0 Å². The quantitative estimate of drug-likeness (QED) is 0.667. The summed E-state index contributed by atoms with van der Waals surface area (Å²) in [7, 11) is 4.11. The molecule has 4 rings (SSSR count). The first-order valence-electron chi connectivity index (χ1n) is 10.4. The molecule has 0 saturated heterocycles. The SMILES string of the molecule is CN(C)c1nc(NC2CCC(NC(=O)c3sccc3Br)CC2)nc2c1CCCC2. The highest BCUT2D eigenvalue weighted by Gasteiger charge is 2.25. The molecule has 1 amide bonds. The molecule has 1 saturated carbocycles. The van der Waals surface area contributed by atoms with Gasteiger partial charge in [0.2, 0.25) is 5.95 Å². The number of thiophene rings is 1. The fourth-order valence-corrected chi connectivity index (χ4v) is 5.73. The van der Waals surface area contributed by atoms with Gasteiger partial charge < -0.3 is 15.5 Å². The van der Waals surface area contributed by atoms with Crippen LogP contribution in [0.5, 0.6) is 0 Å². The lowest BCUT2D eigenvalue weighted by Gasteiger charge is -2.30. The summed E-state index contributed by atoms with van der Waals surface area (Å²) in [6.07, 6.45) is 8.51. The maximum Gasteiger partial charge on any atom is 0.262 e. The van der Waals surface area contributed by atoms with Gasteiger partial charge >= 0.3 is 0 Å². The predicted octanol–water partition coefficient (Wildman–Crippen LogP) is 4.40. The molecule has 0 bridgehead atoms. The zero-order valence-electron chi connectivity index (χ0n) is 17.0. The Balaban J connectivity index is 1.36. The highest BCUT2D eigenvalue weighted by atomic mass is 79.9. The lowest BCUT2D eigenvalue weighted by molar-refractivity contribution is 0.0930. The van der Waals surface area contributed by atoms with E-state index in [4.69, 9.17) is 9.97 Å². The number of aromatic nitrogens is 2. The average molecular weight is 478 g/mol. The third-order valence-corrected chi connectivity index (χ3v) is 7.64. The number of nitrogens with zero attached hydrogens (tertiary/aromatic N) is 3. The Bertz CT molecular complexity index is 876. The normalized spacial score (nSPS) is 21.3. The summed E-state index contributed by atoms with van der Waals surface area (Å²) in [6, 6.07) is 2.51. The second-order valence-corrected chi connectivity index (χ2v) is 9.93. The van der Waals surface area contributed by atoms with Gasteiger partial charge in [-0.2, -0.15) is 4.98 Å². The maximum absolute atomic E-state index is 12.4. The molecule has 0 aliphatic heterocycles. The fraction of sp³-hybridized carbons (Fsp3) is 0.571. The Kier molecular flexibility index (Phi) is 6.39.